The minimum Gasteiger partial charge on any atom is -0.481 e. The lowest BCUT2D eigenvalue weighted by Gasteiger charge is -2.35. The largest absolute Gasteiger partial charge is 0.481 e. The molecule has 6 heteroatoms. The number of nitrogens with one attached hydrogen (secondary N) is 1. The Balaban J connectivity index is 2.02. The summed E-state index contributed by atoms with van der Waals surface area (Å²) in [5, 5.41) is 10.5. The molecule has 4 rings (SSSR count). The van der Waals surface area contributed by atoms with Gasteiger partial charge in [0.05, 0.1) is 36.8 Å². The molecule has 1 unspecified atom stereocenters. The molecule has 2 aromatic heterocycles. The molecule has 2 N–H and O–H groups in total. The molecular formula is C17H14BrNO4. The molecule has 0 bridgehead atoms. The van der Waals surface area contributed by atoms with Gasteiger partial charge in [0.1, 0.15) is 5.60 Å². The molecule has 0 saturated heterocycles. The highest BCUT2D eigenvalue weighted by Crippen LogP contribution is 2.44. The van der Waals surface area contributed by atoms with Crippen molar-refractivity contribution in [1.29, 1.82) is 0 Å². The number of para-hydroxylation sites is 1. The van der Waals surface area contributed by atoms with Crippen LogP contribution < -0.4 is 0 Å². The molecular weight excluding hydrogens is 362 g/mol. The molecule has 0 amide bonds. The monoisotopic (exact) mass is 375 g/mol. The Morgan fingerprint density at radius 2 is 2.26 bits per heavy atom. The lowest BCUT2D eigenvalue weighted by molar-refractivity contribution is -0.144. The molecule has 0 radical (unpaired) electrons. The summed E-state index contributed by atoms with van der Waals surface area (Å²) in [6, 6.07) is 7.74. The highest BCUT2D eigenvalue weighted by Gasteiger charge is 2.44. The molecule has 118 valence electrons. The van der Waals surface area contributed by atoms with Gasteiger partial charge in [-0.1, -0.05) is 12.1 Å². The second-order valence-electron chi connectivity index (χ2n) is 5.65. The smallest absolute Gasteiger partial charge is 0.307 e. The third-order valence-corrected chi connectivity index (χ3v) is 5.04. The average molecular weight is 376 g/mol. The van der Waals surface area contributed by atoms with E-state index in [-0.39, 0.29) is 6.42 Å². The standard InChI is InChI=1S/C17H14BrNO4/c18-13-3-1-2-11-12-5-7-23-17(8-14(20)21,10-4-6-22-9-10)16(12)19-15(11)13/h1-4,6,9,19H,5,7-8H2,(H,20,21). The van der Waals surface area contributed by atoms with Crippen LogP contribution in [0.1, 0.15) is 23.2 Å². The van der Waals surface area contributed by atoms with Gasteiger partial charge in [-0.05, 0) is 40.0 Å². The molecule has 3 heterocycles. The molecule has 0 fully saturated rings. The van der Waals surface area contributed by atoms with Crippen molar-refractivity contribution in [2.45, 2.75) is 18.4 Å². The summed E-state index contributed by atoms with van der Waals surface area (Å²) in [6.07, 6.45) is 3.67. The zero-order chi connectivity index (χ0) is 16.0. The number of hydrogen-bond acceptors (Lipinski definition) is 3. The predicted molar refractivity (Wildman–Crippen MR) is 87.4 cm³/mol. The first-order valence-electron chi connectivity index (χ1n) is 7.30. The van der Waals surface area contributed by atoms with Crippen molar-refractivity contribution in [3.05, 3.63) is 58.1 Å². The number of halogens is 1. The van der Waals surface area contributed by atoms with Gasteiger partial charge in [0, 0.05) is 15.4 Å². The van der Waals surface area contributed by atoms with E-state index in [2.05, 4.69) is 20.9 Å². The van der Waals surface area contributed by atoms with Gasteiger partial charge < -0.3 is 19.2 Å². The maximum absolute atomic E-state index is 11.5. The first kappa shape index (κ1) is 14.5. The highest BCUT2D eigenvalue weighted by molar-refractivity contribution is 9.10. The molecule has 1 aliphatic rings. The molecule has 0 spiro atoms. The molecule has 1 atom stereocenters. The Bertz CT molecular complexity index is 884. The van der Waals surface area contributed by atoms with E-state index in [1.807, 2.05) is 18.2 Å². The maximum Gasteiger partial charge on any atom is 0.307 e. The number of furan rings is 1. The summed E-state index contributed by atoms with van der Waals surface area (Å²) in [5.74, 6) is -0.920. The predicted octanol–water partition coefficient (Wildman–Crippen LogP) is 3.81. The van der Waals surface area contributed by atoms with E-state index in [1.54, 1.807) is 12.3 Å². The van der Waals surface area contributed by atoms with Gasteiger partial charge in [0.15, 0.2) is 0 Å². The van der Waals surface area contributed by atoms with Crippen molar-refractivity contribution in [3.8, 4) is 0 Å². The van der Waals surface area contributed by atoms with Gasteiger partial charge in [-0.2, -0.15) is 0 Å². The SMILES string of the molecule is O=C(O)CC1(c2ccoc2)OCCc2c1[nH]c1c(Br)cccc21. The summed E-state index contributed by atoms with van der Waals surface area (Å²) < 4.78 is 12.2. The van der Waals surface area contributed by atoms with Gasteiger partial charge in [0.2, 0.25) is 0 Å². The molecule has 5 nitrogen and oxygen atoms in total. The second-order valence-corrected chi connectivity index (χ2v) is 6.50. The molecule has 1 aliphatic heterocycles. The first-order chi connectivity index (χ1) is 11.1. The summed E-state index contributed by atoms with van der Waals surface area (Å²) in [5.41, 5.74) is 2.53. The van der Waals surface area contributed by atoms with E-state index in [0.717, 1.165) is 33.1 Å². The Kier molecular flexibility index (Phi) is 3.32. The van der Waals surface area contributed by atoms with E-state index < -0.39 is 11.6 Å². The van der Waals surface area contributed by atoms with Gasteiger partial charge in [-0.15, -0.1) is 0 Å². The summed E-state index contributed by atoms with van der Waals surface area (Å²) in [7, 11) is 0. The quantitative estimate of drug-likeness (QED) is 0.729. The van der Waals surface area contributed by atoms with Gasteiger partial charge in [0.25, 0.3) is 0 Å². The van der Waals surface area contributed by atoms with Crippen LogP contribution in [0.2, 0.25) is 0 Å². The molecule has 0 aliphatic carbocycles. The van der Waals surface area contributed by atoms with E-state index >= 15 is 0 Å². The third-order valence-electron chi connectivity index (χ3n) is 4.38. The number of rotatable bonds is 3. The number of fused-ring (bicyclic) bond motifs is 3. The van der Waals surface area contributed by atoms with Crippen molar-refractivity contribution >= 4 is 32.8 Å². The van der Waals surface area contributed by atoms with Crippen LogP contribution in [-0.4, -0.2) is 22.7 Å². The zero-order valence-electron chi connectivity index (χ0n) is 12.1. The van der Waals surface area contributed by atoms with Crippen LogP contribution in [0.15, 0.2) is 45.7 Å². The summed E-state index contributed by atoms with van der Waals surface area (Å²) >= 11 is 3.55. The first-order valence-corrected chi connectivity index (χ1v) is 8.09. The number of hydrogen-bond donors (Lipinski definition) is 2. The minimum absolute atomic E-state index is 0.163. The zero-order valence-corrected chi connectivity index (χ0v) is 13.7. The fraction of sp³-hybridized carbons (Fsp3) is 0.235. The van der Waals surface area contributed by atoms with Crippen LogP contribution in [0, 0.1) is 0 Å². The van der Waals surface area contributed by atoms with Crippen molar-refractivity contribution < 1.29 is 19.1 Å². The second kappa shape index (κ2) is 5.25. The number of benzene rings is 1. The van der Waals surface area contributed by atoms with E-state index in [1.165, 1.54) is 6.26 Å². The number of H-pyrrole nitrogens is 1. The van der Waals surface area contributed by atoms with Crippen molar-refractivity contribution in [2.24, 2.45) is 0 Å². The topological polar surface area (TPSA) is 75.5 Å². The fourth-order valence-corrected chi connectivity index (χ4v) is 3.88. The summed E-state index contributed by atoms with van der Waals surface area (Å²) in [4.78, 5) is 14.9. The minimum atomic E-state index is -1.05. The number of aromatic nitrogens is 1. The third kappa shape index (κ3) is 2.13. The van der Waals surface area contributed by atoms with E-state index in [4.69, 9.17) is 9.15 Å². The number of aromatic amines is 1. The Labute approximate surface area is 140 Å². The van der Waals surface area contributed by atoms with E-state index in [0.29, 0.717) is 12.2 Å². The van der Waals surface area contributed by atoms with Crippen LogP contribution in [0.4, 0.5) is 0 Å². The fourth-order valence-electron chi connectivity index (χ4n) is 3.42. The van der Waals surface area contributed by atoms with Crippen LogP contribution in [0.25, 0.3) is 10.9 Å². The number of ether oxygens (including phenoxy) is 1. The number of carbonyl (C=O) groups is 1. The average Bonchev–Trinajstić information content (AvgIpc) is 3.15. The van der Waals surface area contributed by atoms with Gasteiger partial charge >= 0.3 is 5.97 Å². The molecule has 1 aromatic carbocycles. The lowest BCUT2D eigenvalue weighted by atomic mass is 9.84. The number of aliphatic carboxylic acids is 1. The van der Waals surface area contributed by atoms with Crippen LogP contribution in [0.5, 0.6) is 0 Å². The molecule has 3 aromatic rings. The van der Waals surface area contributed by atoms with Gasteiger partial charge in [-0.25, -0.2) is 0 Å². The Morgan fingerprint density at radius 1 is 1.39 bits per heavy atom. The normalized spacial score (nSPS) is 20.6. The highest BCUT2D eigenvalue weighted by atomic mass is 79.9. The molecule has 23 heavy (non-hydrogen) atoms. The summed E-state index contributed by atoms with van der Waals surface area (Å²) in [6.45, 7) is 0.463. The maximum atomic E-state index is 11.5. The van der Waals surface area contributed by atoms with Crippen molar-refractivity contribution in [2.75, 3.05) is 6.61 Å². The Hall–Kier alpha value is -2.05. The van der Waals surface area contributed by atoms with Crippen molar-refractivity contribution in [1.82, 2.24) is 4.98 Å². The number of carboxylic acids is 1. The molecule has 0 saturated carbocycles. The van der Waals surface area contributed by atoms with Crippen LogP contribution in [-0.2, 0) is 21.6 Å². The Morgan fingerprint density at radius 3 is 3.00 bits per heavy atom. The van der Waals surface area contributed by atoms with E-state index in [9.17, 15) is 9.90 Å². The van der Waals surface area contributed by atoms with Crippen LogP contribution in [0.3, 0.4) is 0 Å². The number of carboxylic acid groups (broad SMARTS) is 1. The lowest BCUT2D eigenvalue weighted by Crippen LogP contribution is -2.38. The van der Waals surface area contributed by atoms with Crippen molar-refractivity contribution in [3.63, 3.8) is 0 Å². The van der Waals surface area contributed by atoms with Crippen LogP contribution >= 0.6 is 15.9 Å². The van der Waals surface area contributed by atoms with Gasteiger partial charge in [-0.3, -0.25) is 4.79 Å².